The van der Waals surface area contributed by atoms with E-state index < -0.39 is 0 Å². The molecule has 11 aromatic carbocycles. The quantitative estimate of drug-likeness (QED) is 0.160. The standard InChI is InChI=1S/C64H40N2O2/c1-2-16-48-42(14-1)32-39-55-63-54(21-13-27-61(63)68-64(48)55)51-19-6-9-23-57(51)65(45-34-28-41(29-35-45)44-33-38-53-52-20-7-12-26-60(52)67-62(53)40-44)46-36-30-43(31-37-46)47-15-3-8-22-56(47)66-58-24-10-4-17-49(58)50-18-5-11-25-59(50)66/h1-40H. The summed E-state index contributed by atoms with van der Waals surface area (Å²) in [7, 11) is 0. The second-order valence-electron chi connectivity index (χ2n) is 17.6. The summed E-state index contributed by atoms with van der Waals surface area (Å²) in [6.07, 6.45) is 0. The number of hydrogen-bond acceptors (Lipinski definition) is 3. The molecule has 0 saturated heterocycles. The number of nitrogens with zero attached hydrogens (tertiary/aromatic N) is 2. The molecular weight excluding hydrogens is 829 g/mol. The van der Waals surface area contributed by atoms with Crippen molar-refractivity contribution >= 4 is 93.5 Å². The summed E-state index contributed by atoms with van der Waals surface area (Å²) in [5, 5.41) is 9.23. The van der Waals surface area contributed by atoms with E-state index >= 15 is 0 Å². The fourth-order valence-electron chi connectivity index (χ4n) is 10.7. The SMILES string of the molecule is c1ccc(N(c2ccc(-c3ccc4c(c3)oc3ccccc34)cc2)c2ccc(-c3ccccc3-n3c4ccccc4c4ccccc43)cc2)c(-c2cccc3oc4c5ccccc5ccc4c23)c1. The highest BCUT2D eigenvalue weighted by Gasteiger charge is 2.22. The van der Waals surface area contributed by atoms with Crippen molar-refractivity contribution in [1.82, 2.24) is 4.57 Å². The van der Waals surface area contributed by atoms with Crippen LogP contribution in [0.25, 0.3) is 116 Å². The van der Waals surface area contributed by atoms with Crippen LogP contribution < -0.4 is 4.90 Å². The summed E-state index contributed by atoms with van der Waals surface area (Å²) < 4.78 is 15.4. The molecule has 14 aromatic rings. The van der Waals surface area contributed by atoms with Crippen LogP contribution in [0.15, 0.2) is 251 Å². The van der Waals surface area contributed by atoms with E-state index in [1.54, 1.807) is 0 Å². The first kappa shape index (κ1) is 38.2. The second-order valence-corrected chi connectivity index (χ2v) is 17.6. The van der Waals surface area contributed by atoms with Crippen molar-refractivity contribution in [2.45, 2.75) is 0 Å². The fraction of sp³-hybridized carbons (Fsp3) is 0. The normalized spacial score (nSPS) is 11.8. The molecule has 4 nitrogen and oxygen atoms in total. The van der Waals surface area contributed by atoms with Gasteiger partial charge in [-0.15, -0.1) is 0 Å². The highest BCUT2D eigenvalue weighted by atomic mass is 16.3. The second kappa shape index (κ2) is 15.2. The third-order valence-electron chi connectivity index (χ3n) is 13.8. The van der Waals surface area contributed by atoms with Crippen LogP contribution in [0.5, 0.6) is 0 Å². The Morgan fingerprint density at radius 3 is 1.66 bits per heavy atom. The summed E-state index contributed by atoms with van der Waals surface area (Å²) in [4.78, 5) is 2.39. The Labute approximate surface area is 391 Å². The predicted molar refractivity (Wildman–Crippen MR) is 284 cm³/mol. The molecule has 14 rings (SSSR count). The fourth-order valence-corrected chi connectivity index (χ4v) is 10.7. The number of fused-ring (bicyclic) bond motifs is 11. The van der Waals surface area contributed by atoms with Gasteiger partial charge >= 0.3 is 0 Å². The van der Waals surface area contributed by atoms with Gasteiger partial charge in [0.25, 0.3) is 0 Å². The maximum atomic E-state index is 6.71. The number of furan rings is 2. The Morgan fingerprint density at radius 1 is 0.324 bits per heavy atom. The minimum absolute atomic E-state index is 0.868. The van der Waals surface area contributed by atoms with E-state index in [2.05, 4.69) is 240 Å². The van der Waals surface area contributed by atoms with Crippen molar-refractivity contribution in [2.24, 2.45) is 0 Å². The van der Waals surface area contributed by atoms with Crippen LogP contribution in [0.4, 0.5) is 17.1 Å². The molecular formula is C64H40N2O2. The summed E-state index contributed by atoms with van der Waals surface area (Å²) in [6.45, 7) is 0. The minimum atomic E-state index is 0.868. The number of para-hydroxylation sites is 5. The molecule has 0 N–H and O–H groups in total. The van der Waals surface area contributed by atoms with Gasteiger partial charge in [-0.05, 0) is 107 Å². The van der Waals surface area contributed by atoms with Crippen LogP contribution in [-0.2, 0) is 0 Å². The predicted octanol–water partition coefficient (Wildman–Crippen LogP) is 18.2. The van der Waals surface area contributed by atoms with Gasteiger partial charge in [-0.25, -0.2) is 0 Å². The van der Waals surface area contributed by atoms with E-state index in [1.165, 1.54) is 21.8 Å². The first-order valence-electron chi connectivity index (χ1n) is 23.2. The van der Waals surface area contributed by atoms with Crippen molar-refractivity contribution < 1.29 is 8.83 Å². The number of anilines is 3. The Morgan fingerprint density at radius 2 is 0.882 bits per heavy atom. The molecule has 0 amide bonds. The van der Waals surface area contributed by atoms with Gasteiger partial charge in [0.15, 0.2) is 0 Å². The Bertz CT molecular complexity index is 4210. The van der Waals surface area contributed by atoms with Crippen LogP contribution in [0.2, 0.25) is 0 Å². The minimum Gasteiger partial charge on any atom is -0.456 e. The van der Waals surface area contributed by atoms with Gasteiger partial charge in [0.05, 0.1) is 22.4 Å². The van der Waals surface area contributed by atoms with Crippen LogP contribution >= 0.6 is 0 Å². The van der Waals surface area contributed by atoms with Gasteiger partial charge < -0.3 is 18.3 Å². The van der Waals surface area contributed by atoms with Gasteiger partial charge in [0, 0.05) is 60.2 Å². The molecule has 0 fully saturated rings. The molecule has 0 atom stereocenters. The van der Waals surface area contributed by atoms with Crippen LogP contribution in [0.3, 0.4) is 0 Å². The maximum Gasteiger partial charge on any atom is 0.143 e. The molecule has 0 radical (unpaired) electrons. The summed E-state index contributed by atoms with van der Waals surface area (Å²) >= 11 is 0. The zero-order chi connectivity index (χ0) is 44.7. The van der Waals surface area contributed by atoms with Gasteiger partial charge in [-0.3, -0.25) is 0 Å². The van der Waals surface area contributed by atoms with Crippen LogP contribution in [-0.4, -0.2) is 4.57 Å². The van der Waals surface area contributed by atoms with Crippen molar-refractivity contribution in [3.63, 3.8) is 0 Å². The van der Waals surface area contributed by atoms with Gasteiger partial charge in [-0.1, -0.05) is 164 Å². The lowest BCUT2D eigenvalue weighted by atomic mass is 9.96. The molecule has 0 bridgehead atoms. The summed E-state index contributed by atoms with van der Waals surface area (Å²) in [5.41, 5.74) is 17.0. The number of benzene rings is 11. The summed E-state index contributed by atoms with van der Waals surface area (Å²) in [5.74, 6) is 0. The van der Waals surface area contributed by atoms with E-state index in [0.717, 1.165) is 111 Å². The molecule has 68 heavy (non-hydrogen) atoms. The Kier molecular flexibility index (Phi) is 8.55. The van der Waals surface area contributed by atoms with Crippen molar-refractivity contribution in [1.29, 1.82) is 0 Å². The average Bonchev–Trinajstić information content (AvgIpc) is 4.09. The molecule has 4 heteroatoms. The third kappa shape index (κ3) is 5.94. The Balaban J connectivity index is 0.925. The molecule has 318 valence electrons. The van der Waals surface area contributed by atoms with E-state index in [9.17, 15) is 0 Å². The first-order chi connectivity index (χ1) is 33.7. The van der Waals surface area contributed by atoms with Crippen molar-refractivity contribution in [2.75, 3.05) is 4.90 Å². The summed E-state index contributed by atoms with van der Waals surface area (Å²) in [6, 6.07) is 87.0. The van der Waals surface area contributed by atoms with Crippen molar-refractivity contribution in [3.05, 3.63) is 243 Å². The molecule has 3 heterocycles. The van der Waals surface area contributed by atoms with E-state index in [0.29, 0.717) is 0 Å². The molecule has 0 aliphatic rings. The number of rotatable bonds is 7. The lowest BCUT2D eigenvalue weighted by Crippen LogP contribution is -2.11. The van der Waals surface area contributed by atoms with Crippen molar-refractivity contribution in [3.8, 4) is 39.1 Å². The van der Waals surface area contributed by atoms with Gasteiger partial charge in [0.2, 0.25) is 0 Å². The zero-order valence-corrected chi connectivity index (χ0v) is 36.8. The van der Waals surface area contributed by atoms with Crippen LogP contribution in [0.1, 0.15) is 0 Å². The topological polar surface area (TPSA) is 34.5 Å². The monoisotopic (exact) mass is 868 g/mol. The number of hydrogen-bond donors (Lipinski definition) is 0. The van der Waals surface area contributed by atoms with Crippen LogP contribution in [0, 0.1) is 0 Å². The van der Waals surface area contributed by atoms with E-state index in [1.807, 2.05) is 12.1 Å². The average molecular weight is 869 g/mol. The van der Waals surface area contributed by atoms with E-state index in [4.69, 9.17) is 8.83 Å². The first-order valence-corrected chi connectivity index (χ1v) is 23.2. The zero-order valence-electron chi connectivity index (χ0n) is 36.8. The molecule has 3 aromatic heterocycles. The lowest BCUT2D eigenvalue weighted by molar-refractivity contribution is 0.669. The van der Waals surface area contributed by atoms with Gasteiger partial charge in [-0.2, -0.15) is 0 Å². The van der Waals surface area contributed by atoms with Gasteiger partial charge in [0.1, 0.15) is 22.3 Å². The smallest absolute Gasteiger partial charge is 0.143 e. The lowest BCUT2D eigenvalue weighted by Gasteiger charge is -2.28. The highest BCUT2D eigenvalue weighted by Crippen LogP contribution is 2.47. The largest absolute Gasteiger partial charge is 0.456 e. The third-order valence-corrected chi connectivity index (χ3v) is 13.8. The molecule has 0 aliphatic heterocycles. The molecule has 0 saturated carbocycles. The van der Waals surface area contributed by atoms with E-state index in [-0.39, 0.29) is 0 Å². The highest BCUT2D eigenvalue weighted by molar-refractivity contribution is 6.20. The molecule has 0 unspecified atom stereocenters. The maximum absolute atomic E-state index is 6.71. The number of aromatic nitrogens is 1. The Hall–Kier alpha value is -9.12. The molecule has 0 aliphatic carbocycles. The molecule has 0 spiro atoms.